The van der Waals surface area contributed by atoms with E-state index < -0.39 is 6.29 Å². The van der Waals surface area contributed by atoms with Crippen LogP contribution in [0.1, 0.15) is 214 Å². The highest BCUT2D eigenvalue weighted by atomic mass is 16.7. The molecule has 0 aromatic heterocycles. The van der Waals surface area contributed by atoms with E-state index in [1.165, 1.54) is 83.5 Å². The van der Waals surface area contributed by atoms with Gasteiger partial charge in [-0.2, -0.15) is 0 Å². The first kappa shape index (κ1) is 54.6. The molecule has 0 bridgehead atoms. The highest BCUT2D eigenvalue weighted by molar-refractivity contribution is 5.70. The summed E-state index contributed by atoms with van der Waals surface area (Å²) in [5, 5.41) is 0. The number of likely N-dealkylation sites (tertiary alicyclic amines) is 1. The molecule has 0 radical (unpaired) electrons. The zero-order chi connectivity index (χ0) is 42.9. The third-order valence-electron chi connectivity index (χ3n) is 11.2. The molecule has 0 saturated carbocycles. The molecular weight excluding hydrogens is 743 g/mol. The number of ether oxygens (including phenoxy) is 5. The molecule has 0 aliphatic carbocycles. The summed E-state index contributed by atoms with van der Waals surface area (Å²) in [6.45, 7) is 11.6. The topological polar surface area (TPSA) is 101 Å². The van der Waals surface area contributed by atoms with Crippen LogP contribution in [0.2, 0.25) is 0 Å². The largest absolute Gasteiger partial charge is 0.465 e. The van der Waals surface area contributed by atoms with Crippen LogP contribution in [-0.4, -0.2) is 75.3 Å². The Bertz CT molecular complexity index is 1030. The van der Waals surface area contributed by atoms with E-state index in [-0.39, 0.29) is 49.5 Å². The van der Waals surface area contributed by atoms with Crippen LogP contribution < -0.4 is 0 Å². The van der Waals surface area contributed by atoms with Crippen molar-refractivity contribution in [3.05, 3.63) is 24.3 Å². The number of amides is 1. The number of allylic oxidation sites excluding steroid dienone is 4. The van der Waals surface area contributed by atoms with E-state index in [0.29, 0.717) is 45.8 Å². The monoisotopic (exact) mass is 834 g/mol. The van der Waals surface area contributed by atoms with Gasteiger partial charge in [0.15, 0.2) is 6.29 Å². The molecule has 2 unspecified atom stereocenters. The first-order valence-corrected chi connectivity index (χ1v) is 24.7. The molecule has 59 heavy (non-hydrogen) atoms. The van der Waals surface area contributed by atoms with Crippen LogP contribution in [-0.2, 0) is 33.3 Å². The van der Waals surface area contributed by atoms with Crippen LogP contribution in [0.5, 0.6) is 0 Å². The fourth-order valence-corrected chi connectivity index (χ4v) is 7.34. The summed E-state index contributed by atoms with van der Waals surface area (Å²) in [7, 11) is 0. The molecule has 1 heterocycles. The Balaban J connectivity index is 2.52. The number of carbonyl (C=O) groups excluding carboxylic acids is 3. The maximum absolute atomic E-state index is 13.0. The Morgan fingerprint density at radius 1 is 0.492 bits per heavy atom. The van der Waals surface area contributed by atoms with E-state index in [1.807, 2.05) is 0 Å². The number of esters is 2. The van der Waals surface area contributed by atoms with Crippen molar-refractivity contribution in [2.24, 2.45) is 11.8 Å². The van der Waals surface area contributed by atoms with Gasteiger partial charge in [-0.05, 0) is 57.8 Å². The second kappa shape index (κ2) is 41.0. The van der Waals surface area contributed by atoms with Crippen molar-refractivity contribution in [3.8, 4) is 0 Å². The lowest BCUT2D eigenvalue weighted by atomic mass is 9.98. The molecule has 1 aliphatic rings. The first-order valence-electron chi connectivity index (χ1n) is 24.7. The van der Waals surface area contributed by atoms with Crippen LogP contribution in [0.4, 0.5) is 4.79 Å². The van der Waals surface area contributed by atoms with Gasteiger partial charge in [0.05, 0.1) is 26.2 Å². The number of hydrogen-bond donors (Lipinski definition) is 0. The van der Waals surface area contributed by atoms with Gasteiger partial charge in [-0.25, -0.2) is 4.79 Å². The summed E-state index contributed by atoms with van der Waals surface area (Å²) in [6, 6.07) is 0. The summed E-state index contributed by atoms with van der Waals surface area (Å²) >= 11 is 0. The average molecular weight is 834 g/mol. The molecule has 9 nitrogen and oxygen atoms in total. The molecule has 1 rings (SSSR count). The van der Waals surface area contributed by atoms with Crippen LogP contribution in [0.25, 0.3) is 0 Å². The lowest BCUT2D eigenvalue weighted by Gasteiger charge is -2.20. The number of rotatable bonds is 41. The molecule has 0 aromatic rings. The van der Waals surface area contributed by atoms with Gasteiger partial charge in [0, 0.05) is 51.0 Å². The van der Waals surface area contributed by atoms with E-state index >= 15 is 0 Å². The quantitative estimate of drug-likeness (QED) is 0.0197. The standard InChI is InChI=1S/C50H91NO8/c1-5-9-13-16-19-20-21-22-23-24-25-26-27-28-31-35-47(52)58-43-45-41-51(50(54)57-40-32-12-8-4)42-46(45)44-59-48(53)36-37-49(55-38-33-29-17-14-10-6-2)56-39-34-30-18-15-11-7-3/h19-20,22-23,45-46,49H,5-18,21,24-44H2,1-4H3/b20-19-,23-22-. The minimum atomic E-state index is -0.426. The Morgan fingerprint density at radius 2 is 0.915 bits per heavy atom. The molecule has 1 saturated heterocycles. The second-order valence-electron chi connectivity index (χ2n) is 16.8. The lowest BCUT2D eigenvalue weighted by molar-refractivity contribution is -0.160. The van der Waals surface area contributed by atoms with Crippen LogP contribution in [0, 0.1) is 11.8 Å². The fraction of sp³-hybridized carbons (Fsp3) is 0.860. The lowest BCUT2D eigenvalue weighted by Crippen LogP contribution is -2.30. The smallest absolute Gasteiger partial charge is 0.409 e. The summed E-state index contributed by atoms with van der Waals surface area (Å²) in [4.78, 5) is 40.4. The van der Waals surface area contributed by atoms with Crippen LogP contribution in [0.3, 0.4) is 0 Å². The Kier molecular flexibility index (Phi) is 37.9. The maximum Gasteiger partial charge on any atom is 0.409 e. The predicted octanol–water partition coefficient (Wildman–Crippen LogP) is 13.6. The molecule has 1 fully saturated rings. The van der Waals surface area contributed by atoms with Crippen molar-refractivity contribution in [1.82, 2.24) is 4.90 Å². The van der Waals surface area contributed by atoms with Crippen molar-refractivity contribution in [1.29, 1.82) is 0 Å². The first-order chi connectivity index (χ1) is 28.9. The summed E-state index contributed by atoms with van der Waals surface area (Å²) in [5.74, 6) is -0.790. The number of nitrogens with zero attached hydrogens (tertiary/aromatic N) is 1. The zero-order valence-electron chi connectivity index (χ0n) is 38.7. The minimum Gasteiger partial charge on any atom is -0.465 e. The van der Waals surface area contributed by atoms with E-state index in [0.717, 1.165) is 83.5 Å². The van der Waals surface area contributed by atoms with E-state index in [4.69, 9.17) is 23.7 Å². The van der Waals surface area contributed by atoms with Gasteiger partial charge in [0.2, 0.25) is 0 Å². The molecule has 1 amide bonds. The van der Waals surface area contributed by atoms with Gasteiger partial charge in [0.25, 0.3) is 0 Å². The molecule has 1 aliphatic heterocycles. The normalized spacial score (nSPS) is 15.6. The molecule has 9 heteroatoms. The third-order valence-corrected chi connectivity index (χ3v) is 11.2. The molecule has 0 N–H and O–H groups in total. The van der Waals surface area contributed by atoms with Gasteiger partial charge in [-0.1, -0.05) is 161 Å². The van der Waals surface area contributed by atoms with E-state index in [9.17, 15) is 14.4 Å². The highest BCUT2D eigenvalue weighted by Gasteiger charge is 2.37. The Morgan fingerprint density at radius 3 is 1.47 bits per heavy atom. The average Bonchev–Trinajstić information content (AvgIpc) is 3.66. The molecule has 0 aromatic carbocycles. The van der Waals surface area contributed by atoms with Crippen LogP contribution in [0.15, 0.2) is 24.3 Å². The maximum atomic E-state index is 13.0. The van der Waals surface area contributed by atoms with Gasteiger partial charge < -0.3 is 28.6 Å². The zero-order valence-corrected chi connectivity index (χ0v) is 38.7. The van der Waals surface area contributed by atoms with Crippen molar-refractivity contribution in [3.63, 3.8) is 0 Å². The number of hydrogen-bond acceptors (Lipinski definition) is 8. The minimum absolute atomic E-state index is 0.131. The molecular formula is C50H91NO8. The second-order valence-corrected chi connectivity index (χ2v) is 16.8. The Labute approximate surface area is 362 Å². The van der Waals surface area contributed by atoms with Crippen molar-refractivity contribution < 1.29 is 38.1 Å². The predicted molar refractivity (Wildman–Crippen MR) is 242 cm³/mol. The van der Waals surface area contributed by atoms with Crippen molar-refractivity contribution >= 4 is 18.0 Å². The van der Waals surface area contributed by atoms with E-state index in [2.05, 4.69) is 52.0 Å². The highest BCUT2D eigenvalue weighted by Crippen LogP contribution is 2.26. The van der Waals surface area contributed by atoms with Crippen molar-refractivity contribution in [2.45, 2.75) is 220 Å². The number of unbranched alkanes of at least 4 members (excludes halogenated alkanes) is 20. The van der Waals surface area contributed by atoms with Gasteiger partial charge in [-0.3, -0.25) is 9.59 Å². The van der Waals surface area contributed by atoms with Gasteiger partial charge in [-0.15, -0.1) is 0 Å². The molecule has 2 atom stereocenters. The summed E-state index contributed by atoms with van der Waals surface area (Å²) in [6.07, 6.45) is 39.0. The van der Waals surface area contributed by atoms with Crippen molar-refractivity contribution in [2.75, 3.05) is 46.1 Å². The number of carbonyl (C=O) groups is 3. The summed E-state index contributed by atoms with van der Waals surface area (Å²) < 4.78 is 29.3. The molecule has 0 spiro atoms. The summed E-state index contributed by atoms with van der Waals surface area (Å²) in [5.41, 5.74) is 0. The molecule has 344 valence electrons. The van der Waals surface area contributed by atoms with Gasteiger partial charge in [0.1, 0.15) is 0 Å². The SMILES string of the molecule is CCCCC/C=C\C/C=C\CCCCCCCC(=O)OCC1CN(C(=O)OCCCCC)CC1COC(=O)CCC(OCCCCCCCC)OCCCCCCCC. The fourth-order valence-electron chi connectivity index (χ4n) is 7.34. The van der Waals surface area contributed by atoms with Gasteiger partial charge >= 0.3 is 18.0 Å². The van der Waals surface area contributed by atoms with E-state index in [1.54, 1.807) is 4.90 Å². The van der Waals surface area contributed by atoms with Crippen LogP contribution >= 0.6 is 0 Å². The third kappa shape index (κ3) is 33.0. The Hall–Kier alpha value is -2.39.